The molecule has 2 N–H and O–H groups in total. The van der Waals surface area contributed by atoms with E-state index in [1.807, 2.05) is 12.1 Å². The van der Waals surface area contributed by atoms with Gasteiger partial charge >= 0.3 is 0 Å². The highest BCUT2D eigenvalue weighted by Crippen LogP contribution is 2.16. The fraction of sp³-hybridized carbons (Fsp3) is 0.533. The molecule has 19 heavy (non-hydrogen) atoms. The van der Waals surface area contributed by atoms with Crippen molar-refractivity contribution in [2.45, 2.75) is 38.0 Å². The molecule has 1 fully saturated rings. The van der Waals surface area contributed by atoms with Crippen LogP contribution in [0.3, 0.4) is 0 Å². The molecule has 1 aromatic carbocycles. The van der Waals surface area contributed by atoms with E-state index in [0.29, 0.717) is 6.54 Å². The monoisotopic (exact) mass is 260 g/mol. The van der Waals surface area contributed by atoms with Gasteiger partial charge in [0.05, 0.1) is 12.1 Å². The number of nitrogens with one attached hydrogen (secondary N) is 2. The first kappa shape index (κ1) is 12.6. The van der Waals surface area contributed by atoms with Crippen molar-refractivity contribution < 1.29 is 9.53 Å². The van der Waals surface area contributed by atoms with E-state index in [0.717, 1.165) is 32.4 Å². The third-order valence-electron chi connectivity index (χ3n) is 3.93. The fourth-order valence-electron chi connectivity index (χ4n) is 2.78. The molecule has 4 heteroatoms. The molecule has 2 atom stereocenters. The quantitative estimate of drug-likeness (QED) is 0.852. The largest absolute Gasteiger partial charge is 0.376 e. The maximum atomic E-state index is 12.1. The second-order valence-corrected chi connectivity index (χ2v) is 5.29. The van der Waals surface area contributed by atoms with Crippen LogP contribution in [0.15, 0.2) is 24.3 Å². The Morgan fingerprint density at radius 3 is 3.00 bits per heavy atom. The van der Waals surface area contributed by atoms with E-state index in [1.54, 1.807) is 0 Å². The van der Waals surface area contributed by atoms with Gasteiger partial charge in [0.2, 0.25) is 5.91 Å². The topological polar surface area (TPSA) is 50.4 Å². The van der Waals surface area contributed by atoms with E-state index >= 15 is 0 Å². The molecule has 1 amide bonds. The second-order valence-electron chi connectivity index (χ2n) is 5.29. The molecule has 0 spiro atoms. The minimum absolute atomic E-state index is 0.0880. The molecule has 4 nitrogen and oxygen atoms in total. The Labute approximate surface area is 113 Å². The van der Waals surface area contributed by atoms with Gasteiger partial charge < -0.3 is 15.4 Å². The Hall–Kier alpha value is -1.39. The van der Waals surface area contributed by atoms with Crippen LogP contribution in [-0.2, 0) is 22.5 Å². The summed E-state index contributed by atoms with van der Waals surface area (Å²) in [6, 6.07) is 8.18. The average molecular weight is 260 g/mol. The van der Waals surface area contributed by atoms with Crippen LogP contribution in [0.5, 0.6) is 0 Å². The van der Waals surface area contributed by atoms with Gasteiger partial charge in [0.1, 0.15) is 0 Å². The van der Waals surface area contributed by atoms with Crippen LogP contribution in [0.2, 0.25) is 0 Å². The Morgan fingerprint density at radius 1 is 1.37 bits per heavy atom. The maximum absolute atomic E-state index is 12.1. The molecule has 2 heterocycles. The molecule has 0 radical (unpaired) electrons. The summed E-state index contributed by atoms with van der Waals surface area (Å²) >= 11 is 0. The summed E-state index contributed by atoms with van der Waals surface area (Å²) < 4.78 is 5.51. The number of hydrogen-bond acceptors (Lipinski definition) is 3. The van der Waals surface area contributed by atoms with Crippen LogP contribution in [-0.4, -0.2) is 31.2 Å². The SMILES string of the molecule is O=C(NCC1CCCO1)[C@@H]1Cc2ccccc2CN1. The molecular formula is C15H20N2O2. The summed E-state index contributed by atoms with van der Waals surface area (Å²) in [6.07, 6.45) is 3.14. The number of fused-ring (bicyclic) bond motifs is 1. The average Bonchev–Trinajstić information content (AvgIpc) is 2.97. The van der Waals surface area contributed by atoms with E-state index in [-0.39, 0.29) is 18.1 Å². The first-order valence-electron chi connectivity index (χ1n) is 7.02. The van der Waals surface area contributed by atoms with E-state index in [4.69, 9.17) is 4.74 Å². The van der Waals surface area contributed by atoms with E-state index in [1.165, 1.54) is 11.1 Å². The third-order valence-corrected chi connectivity index (χ3v) is 3.93. The van der Waals surface area contributed by atoms with Gasteiger partial charge in [-0.3, -0.25) is 4.79 Å². The van der Waals surface area contributed by atoms with Crippen molar-refractivity contribution in [3.05, 3.63) is 35.4 Å². The summed E-state index contributed by atoms with van der Waals surface area (Å²) in [5.74, 6) is 0.0880. The number of hydrogen-bond donors (Lipinski definition) is 2. The maximum Gasteiger partial charge on any atom is 0.237 e. The van der Waals surface area contributed by atoms with Crippen LogP contribution >= 0.6 is 0 Å². The molecule has 1 unspecified atom stereocenters. The van der Waals surface area contributed by atoms with Crippen molar-refractivity contribution in [2.75, 3.05) is 13.2 Å². The lowest BCUT2D eigenvalue weighted by Crippen LogP contribution is -2.49. The molecule has 0 aromatic heterocycles. The molecule has 0 saturated carbocycles. The van der Waals surface area contributed by atoms with Crippen molar-refractivity contribution in [1.82, 2.24) is 10.6 Å². The molecule has 102 valence electrons. The van der Waals surface area contributed by atoms with Crippen LogP contribution in [0.25, 0.3) is 0 Å². The molecule has 2 aliphatic heterocycles. The minimum Gasteiger partial charge on any atom is -0.376 e. The highest BCUT2D eigenvalue weighted by Gasteiger charge is 2.24. The first-order valence-corrected chi connectivity index (χ1v) is 7.02. The number of benzene rings is 1. The lowest BCUT2D eigenvalue weighted by molar-refractivity contribution is -0.123. The Balaban J connectivity index is 1.54. The molecule has 0 aliphatic carbocycles. The predicted molar refractivity (Wildman–Crippen MR) is 72.8 cm³/mol. The zero-order valence-corrected chi connectivity index (χ0v) is 11.0. The summed E-state index contributed by atoms with van der Waals surface area (Å²) in [7, 11) is 0. The molecule has 0 bridgehead atoms. The molecular weight excluding hydrogens is 240 g/mol. The van der Waals surface area contributed by atoms with E-state index in [9.17, 15) is 4.79 Å². The summed E-state index contributed by atoms with van der Waals surface area (Å²) in [5.41, 5.74) is 2.57. The van der Waals surface area contributed by atoms with Crippen LogP contribution in [0.4, 0.5) is 0 Å². The zero-order chi connectivity index (χ0) is 13.1. The van der Waals surface area contributed by atoms with Crippen LogP contribution in [0.1, 0.15) is 24.0 Å². The molecule has 3 rings (SSSR count). The standard InChI is InChI=1S/C15H20N2O2/c18-15(17-10-13-6-3-7-19-13)14-8-11-4-1-2-5-12(11)9-16-14/h1-2,4-5,13-14,16H,3,6-10H2,(H,17,18)/t13?,14-/m0/s1. The third kappa shape index (κ3) is 2.96. The Morgan fingerprint density at radius 2 is 2.21 bits per heavy atom. The number of carbonyl (C=O) groups excluding carboxylic acids is 1. The van der Waals surface area contributed by atoms with Gasteiger partial charge in [-0.2, -0.15) is 0 Å². The fourth-order valence-corrected chi connectivity index (χ4v) is 2.78. The lowest BCUT2D eigenvalue weighted by atomic mass is 9.95. The van der Waals surface area contributed by atoms with E-state index < -0.39 is 0 Å². The Kier molecular flexibility index (Phi) is 3.80. The highest BCUT2D eigenvalue weighted by atomic mass is 16.5. The van der Waals surface area contributed by atoms with Crippen LogP contribution in [0, 0.1) is 0 Å². The molecule has 2 aliphatic rings. The summed E-state index contributed by atoms with van der Waals surface area (Å²) in [5, 5.41) is 6.30. The molecule has 1 aromatic rings. The van der Waals surface area contributed by atoms with Gasteiger partial charge in [-0.05, 0) is 30.4 Å². The molecule has 1 saturated heterocycles. The van der Waals surface area contributed by atoms with Crippen molar-refractivity contribution in [3.8, 4) is 0 Å². The summed E-state index contributed by atoms with van der Waals surface area (Å²) in [6.45, 7) is 2.24. The smallest absolute Gasteiger partial charge is 0.237 e. The summed E-state index contributed by atoms with van der Waals surface area (Å²) in [4.78, 5) is 12.1. The predicted octanol–water partition coefficient (Wildman–Crippen LogP) is 0.996. The van der Waals surface area contributed by atoms with Gasteiger partial charge in [-0.15, -0.1) is 0 Å². The van der Waals surface area contributed by atoms with E-state index in [2.05, 4.69) is 22.8 Å². The van der Waals surface area contributed by atoms with Crippen molar-refractivity contribution in [3.63, 3.8) is 0 Å². The number of amides is 1. The van der Waals surface area contributed by atoms with Gasteiger partial charge in [0, 0.05) is 19.7 Å². The van der Waals surface area contributed by atoms with Crippen molar-refractivity contribution in [1.29, 1.82) is 0 Å². The normalized spacial score (nSPS) is 25.9. The van der Waals surface area contributed by atoms with Gasteiger partial charge in [0.15, 0.2) is 0 Å². The number of carbonyl (C=O) groups is 1. The second kappa shape index (κ2) is 5.72. The van der Waals surface area contributed by atoms with Crippen molar-refractivity contribution >= 4 is 5.91 Å². The van der Waals surface area contributed by atoms with Gasteiger partial charge in [-0.25, -0.2) is 0 Å². The van der Waals surface area contributed by atoms with Gasteiger partial charge in [0.25, 0.3) is 0 Å². The number of rotatable bonds is 3. The minimum atomic E-state index is -0.115. The lowest BCUT2D eigenvalue weighted by Gasteiger charge is -2.25. The highest BCUT2D eigenvalue weighted by molar-refractivity contribution is 5.82. The van der Waals surface area contributed by atoms with Crippen LogP contribution < -0.4 is 10.6 Å². The zero-order valence-electron chi connectivity index (χ0n) is 11.0. The Bertz CT molecular complexity index is 455. The van der Waals surface area contributed by atoms with Crippen molar-refractivity contribution in [2.24, 2.45) is 0 Å². The number of ether oxygens (including phenoxy) is 1. The van der Waals surface area contributed by atoms with Gasteiger partial charge in [-0.1, -0.05) is 24.3 Å². The first-order chi connectivity index (χ1) is 9.33.